The van der Waals surface area contributed by atoms with E-state index >= 15 is 0 Å². The summed E-state index contributed by atoms with van der Waals surface area (Å²) in [5.74, 6) is 0. The van der Waals surface area contributed by atoms with Gasteiger partial charge in [-0.15, -0.1) is 11.3 Å². The lowest BCUT2D eigenvalue weighted by molar-refractivity contribution is -0.114. The molecule has 1 heterocycles. The zero-order chi connectivity index (χ0) is 10.8. The lowest BCUT2D eigenvalue weighted by Crippen LogP contribution is -2.14. The summed E-state index contributed by atoms with van der Waals surface area (Å²) in [6.07, 6.45) is -0.0588. The Balaban J connectivity index is 2.73. The Morgan fingerprint density at radius 1 is 1.64 bits per heavy atom. The molecule has 0 saturated carbocycles. The van der Waals surface area contributed by atoms with Crippen LogP contribution in [0, 0.1) is 0 Å². The zero-order valence-electron chi connectivity index (χ0n) is 8.65. The van der Waals surface area contributed by atoms with Crippen molar-refractivity contribution in [1.82, 2.24) is 4.98 Å². The van der Waals surface area contributed by atoms with Crippen LogP contribution in [0.15, 0.2) is 5.38 Å². The fourth-order valence-corrected chi connectivity index (χ4v) is 2.05. The van der Waals surface area contributed by atoms with Gasteiger partial charge in [0.15, 0.2) is 0 Å². The largest absolute Gasteiger partial charge is 0.385 e. The number of rotatable bonds is 3. The first-order valence-electron chi connectivity index (χ1n) is 4.51. The van der Waals surface area contributed by atoms with E-state index in [0.29, 0.717) is 12.7 Å². The number of aliphatic hydroxyl groups excluding tert-OH is 1. The molecule has 1 aromatic heterocycles. The van der Waals surface area contributed by atoms with Crippen LogP contribution in [0.5, 0.6) is 0 Å². The molecule has 0 aromatic carbocycles. The van der Waals surface area contributed by atoms with Crippen molar-refractivity contribution in [3.63, 3.8) is 0 Å². The Labute approximate surface area is 87.8 Å². The second-order valence-corrected chi connectivity index (χ2v) is 5.23. The molecule has 14 heavy (non-hydrogen) atoms. The first kappa shape index (κ1) is 11.3. The van der Waals surface area contributed by atoms with Crippen LogP contribution in [0.25, 0.3) is 0 Å². The number of aldehydes is 1. The van der Waals surface area contributed by atoms with Crippen molar-refractivity contribution in [2.24, 2.45) is 0 Å². The minimum absolute atomic E-state index is 0.0287. The van der Waals surface area contributed by atoms with Crippen molar-refractivity contribution in [3.05, 3.63) is 16.1 Å². The molecule has 0 aliphatic heterocycles. The predicted octanol–water partition coefficient (Wildman–Crippen LogP) is 1.54. The van der Waals surface area contributed by atoms with Gasteiger partial charge in [-0.3, -0.25) is 0 Å². The normalized spacial score (nSPS) is 14.0. The molecular weight excluding hydrogens is 198 g/mol. The molecule has 0 bridgehead atoms. The number of hydrogen-bond donors (Lipinski definition) is 1. The third-order valence-corrected chi connectivity index (χ3v) is 2.73. The molecule has 1 aromatic rings. The molecule has 1 atom stereocenters. The highest BCUT2D eigenvalue weighted by atomic mass is 32.1. The Morgan fingerprint density at radius 3 is 2.71 bits per heavy atom. The predicted molar refractivity (Wildman–Crippen MR) is 56.6 cm³/mol. The second-order valence-electron chi connectivity index (χ2n) is 4.28. The molecule has 3 nitrogen and oxygen atoms in total. The Bertz CT molecular complexity index is 314. The molecule has 0 saturated heterocycles. The van der Waals surface area contributed by atoms with Gasteiger partial charge < -0.3 is 9.90 Å². The molecule has 78 valence electrons. The van der Waals surface area contributed by atoms with Crippen molar-refractivity contribution in [2.75, 3.05) is 0 Å². The number of hydrogen-bond acceptors (Lipinski definition) is 4. The molecule has 0 spiro atoms. The van der Waals surface area contributed by atoms with Crippen LogP contribution in [0.2, 0.25) is 0 Å². The molecule has 0 fully saturated rings. The van der Waals surface area contributed by atoms with Crippen LogP contribution in [0.1, 0.15) is 31.5 Å². The van der Waals surface area contributed by atoms with E-state index in [0.717, 1.165) is 10.7 Å². The maximum atomic E-state index is 10.2. The van der Waals surface area contributed by atoms with Crippen molar-refractivity contribution in [2.45, 2.75) is 38.7 Å². The van der Waals surface area contributed by atoms with Gasteiger partial charge in [-0.2, -0.15) is 0 Å². The van der Waals surface area contributed by atoms with Gasteiger partial charge in [0.25, 0.3) is 0 Å². The maximum absolute atomic E-state index is 10.2. The van der Waals surface area contributed by atoms with Crippen LogP contribution in [-0.4, -0.2) is 22.5 Å². The number of aliphatic hydroxyl groups is 1. The fourth-order valence-electron chi connectivity index (χ4n) is 0.976. The lowest BCUT2D eigenvalue weighted by Gasteiger charge is -2.14. The van der Waals surface area contributed by atoms with E-state index in [4.69, 9.17) is 5.11 Å². The quantitative estimate of drug-likeness (QED) is 0.775. The smallest absolute Gasteiger partial charge is 0.148 e. The van der Waals surface area contributed by atoms with Crippen LogP contribution < -0.4 is 0 Å². The third kappa shape index (κ3) is 2.89. The average Bonchev–Trinajstić information content (AvgIpc) is 2.51. The highest BCUT2D eigenvalue weighted by Crippen LogP contribution is 2.24. The standard InChI is InChI=1S/C10H15NO2S/c1-10(2,3)8-6-14-9(11-8)4-7(13)5-12/h5-7,13H,4H2,1-3H3. The van der Waals surface area contributed by atoms with E-state index in [9.17, 15) is 4.79 Å². The van der Waals surface area contributed by atoms with Gasteiger partial charge in [-0.25, -0.2) is 4.98 Å². The van der Waals surface area contributed by atoms with Crippen LogP contribution >= 0.6 is 11.3 Å². The molecule has 0 aliphatic carbocycles. The number of carbonyl (C=O) groups is 1. The van der Waals surface area contributed by atoms with Crippen molar-refractivity contribution < 1.29 is 9.90 Å². The van der Waals surface area contributed by atoms with Gasteiger partial charge in [0.05, 0.1) is 10.7 Å². The molecule has 1 rings (SSSR count). The monoisotopic (exact) mass is 213 g/mol. The summed E-state index contributed by atoms with van der Waals surface area (Å²) >= 11 is 1.49. The summed E-state index contributed by atoms with van der Waals surface area (Å²) in [6.45, 7) is 6.26. The lowest BCUT2D eigenvalue weighted by atomic mass is 9.93. The van der Waals surface area contributed by atoms with Crippen molar-refractivity contribution in [1.29, 1.82) is 0 Å². The molecule has 0 aliphatic rings. The highest BCUT2D eigenvalue weighted by molar-refractivity contribution is 7.09. The van der Waals surface area contributed by atoms with Gasteiger partial charge in [0, 0.05) is 17.2 Å². The Kier molecular flexibility index (Phi) is 3.39. The van der Waals surface area contributed by atoms with E-state index < -0.39 is 6.10 Å². The summed E-state index contributed by atoms with van der Waals surface area (Å²) in [5.41, 5.74) is 1.04. The summed E-state index contributed by atoms with van der Waals surface area (Å²) < 4.78 is 0. The fraction of sp³-hybridized carbons (Fsp3) is 0.600. The molecule has 1 N–H and O–H groups in total. The molecule has 4 heteroatoms. The summed E-state index contributed by atoms with van der Waals surface area (Å²) in [7, 11) is 0. The van der Waals surface area contributed by atoms with E-state index in [1.54, 1.807) is 0 Å². The SMILES string of the molecule is CC(C)(C)c1csc(CC(O)C=O)n1. The average molecular weight is 213 g/mol. The van der Waals surface area contributed by atoms with Crippen LogP contribution in [0.3, 0.4) is 0 Å². The van der Waals surface area contributed by atoms with E-state index in [-0.39, 0.29) is 5.41 Å². The first-order valence-corrected chi connectivity index (χ1v) is 5.39. The maximum Gasteiger partial charge on any atom is 0.148 e. The Morgan fingerprint density at radius 2 is 2.29 bits per heavy atom. The van der Waals surface area contributed by atoms with Gasteiger partial charge in [0.2, 0.25) is 0 Å². The molecular formula is C10H15NO2S. The number of nitrogens with zero attached hydrogens (tertiary/aromatic N) is 1. The van der Waals surface area contributed by atoms with Crippen LogP contribution in [0.4, 0.5) is 0 Å². The van der Waals surface area contributed by atoms with Crippen LogP contribution in [-0.2, 0) is 16.6 Å². The number of thiazole rings is 1. The van der Waals surface area contributed by atoms with E-state index in [1.807, 2.05) is 5.38 Å². The van der Waals surface area contributed by atoms with Gasteiger partial charge in [-0.1, -0.05) is 20.8 Å². The Hall–Kier alpha value is -0.740. The van der Waals surface area contributed by atoms with Crippen molar-refractivity contribution >= 4 is 17.6 Å². The summed E-state index contributed by atoms with van der Waals surface area (Å²) in [4.78, 5) is 14.6. The highest BCUT2D eigenvalue weighted by Gasteiger charge is 2.18. The van der Waals surface area contributed by atoms with Gasteiger partial charge in [-0.05, 0) is 0 Å². The van der Waals surface area contributed by atoms with E-state index in [2.05, 4.69) is 25.8 Å². The van der Waals surface area contributed by atoms with Gasteiger partial charge in [0.1, 0.15) is 12.4 Å². The van der Waals surface area contributed by atoms with Crippen molar-refractivity contribution in [3.8, 4) is 0 Å². The molecule has 0 amide bonds. The number of aromatic nitrogens is 1. The van der Waals surface area contributed by atoms with Gasteiger partial charge >= 0.3 is 0 Å². The summed E-state index contributed by atoms with van der Waals surface area (Å²) in [5, 5.41) is 11.9. The minimum atomic E-state index is -0.922. The second kappa shape index (κ2) is 4.19. The van der Waals surface area contributed by atoms with E-state index in [1.165, 1.54) is 11.3 Å². The zero-order valence-corrected chi connectivity index (χ0v) is 9.47. The third-order valence-electron chi connectivity index (χ3n) is 1.86. The summed E-state index contributed by atoms with van der Waals surface area (Å²) in [6, 6.07) is 0. The molecule has 1 unspecified atom stereocenters. The topological polar surface area (TPSA) is 50.2 Å². The first-order chi connectivity index (χ1) is 6.43. The minimum Gasteiger partial charge on any atom is -0.385 e. The number of carbonyl (C=O) groups excluding carboxylic acids is 1. The molecule has 0 radical (unpaired) electrons.